The number of pyridine rings is 1. The molecule has 0 aliphatic carbocycles. The molecule has 188 valence electrons. The number of nitrogens with zero attached hydrogens (tertiary/aromatic N) is 3. The van der Waals surface area contributed by atoms with Crippen molar-refractivity contribution in [2.45, 2.75) is 52.8 Å². The highest BCUT2D eigenvalue weighted by Gasteiger charge is 2.34. The van der Waals surface area contributed by atoms with Gasteiger partial charge in [0.25, 0.3) is 5.91 Å². The number of rotatable bonds is 7. The van der Waals surface area contributed by atoms with E-state index in [1.807, 2.05) is 20.9 Å². The number of aliphatic hydroxyl groups is 1. The Balaban J connectivity index is 1.88. The Labute approximate surface area is 208 Å². The van der Waals surface area contributed by atoms with Crippen molar-refractivity contribution in [2.75, 3.05) is 26.7 Å². The Morgan fingerprint density at radius 3 is 2.66 bits per heavy atom. The van der Waals surface area contributed by atoms with Crippen molar-refractivity contribution in [3.8, 4) is 17.7 Å². The molecule has 2 heterocycles. The van der Waals surface area contributed by atoms with Crippen molar-refractivity contribution < 1.29 is 19.0 Å². The highest BCUT2D eigenvalue weighted by Crippen LogP contribution is 2.27. The van der Waals surface area contributed by atoms with E-state index in [9.17, 15) is 14.3 Å². The number of aromatic nitrogens is 1. The molecule has 0 bridgehead atoms. The largest absolute Gasteiger partial charge is 0.472 e. The molecule has 1 aliphatic heterocycles. The maximum Gasteiger partial charge on any atom is 0.259 e. The third kappa shape index (κ3) is 7.27. The molecule has 2 aromatic rings. The van der Waals surface area contributed by atoms with Crippen LogP contribution in [0.5, 0.6) is 5.88 Å². The molecule has 0 spiro atoms. The lowest BCUT2D eigenvalue weighted by Gasteiger charge is -2.37. The number of ether oxygens (including phenoxy) is 1. The summed E-state index contributed by atoms with van der Waals surface area (Å²) >= 11 is 0. The number of halogens is 1. The number of carbonyl (C=O) groups excluding carboxylic acids is 1. The Kier molecular flexibility index (Phi) is 9.25. The minimum atomic E-state index is -0.343. The topological polar surface area (TPSA) is 65.9 Å². The van der Waals surface area contributed by atoms with Crippen molar-refractivity contribution in [1.29, 1.82) is 0 Å². The zero-order valence-electron chi connectivity index (χ0n) is 21.3. The maximum absolute atomic E-state index is 13.5. The van der Waals surface area contributed by atoms with Gasteiger partial charge in [0.05, 0.1) is 12.6 Å². The SMILES string of the molecule is CC(C)CC#Cc1cnc2c(c1)C(=O)N([C@@H](C)CO)C[C@@H](C)[C@@H](CN(C)Cc1ccc(F)cc1)O2. The normalized spacial score (nSPS) is 18.9. The molecule has 0 fully saturated rings. The van der Waals surface area contributed by atoms with Crippen LogP contribution in [0.25, 0.3) is 0 Å². The number of hydrogen-bond acceptors (Lipinski definition) is 5. The molecule has 1 aliphatic rings. The molecule has 1 aromatic heterocycles. The molecule has 1 aromatic carbocycles. The van der Waals surface area contributed by atoms with Gasteiger partial charge in [0.15, 0.2) is 0 Å². The summed E-state index contributed by atoms with van der Waals surface area (Å²) in [6, 6.07) is 7.86. The van der Waals surface area contributed by atoms with Crippen LogP contribution >= 0.6 is 0 Å². The van der Waals surface area contributed by atoms with Gasteiger partial charge in [-0.3, -0.25) is 9.69 Å². The molecule has 6 nitrogen and oxygen atoms in total. The van der Waals surface area contributed by atoms with Crippen molar-refractivity contribution in [1.82, 2.24) is 14.8 Å². The molecule has 3 rings (SSSR count). The number of aliphatic hydroxyl groups excluding tert-OH is 1. The summed E-state index contributed by atoms with van der Waals surface area (Å²) in [5.74, 6) is 6.50. The van der Waals surface area contributed by atoms with Crippen LogP contribution in [0.2, 0.25) is 0 Å². The summed E-state index contributed by atoms with van der Waals surface area (Å²) in [7, 11) is 1.99. The third-order valence-corrected chi connectivity index (χ3v) is 6.12. The molecular weight excluding hydrogens is 445 g/mol. The Morgan fingerprint density at radius 1 is 1.29 bits per heavy atom. The predicted octanol–water partition coefficient (Wildman–Crippen LogP) is 3.97. The van der Waals surface area contributed by atoms with Crippen LogP contribution in [-0.2, 0) is 6.54 Å². The summed E-state index contributed by atoms with van der Waals surface area (Å²) in [5.41, 5.74) is 2.03. The monoisotopic (exact) mass is 481 g/mol. The van der Waals surface area contributed by atoms with Crippen LogP contribution in [0.15, 0.2) is 36.5 Å². The fraction of sp³-hybridized carbons (Fsp3) is 0.500. The molecule has 0 saturated carbocycles. The molecule has 1 amide bonds. The van der Waals surface area contributed by atoms with Crippen molar-refractivity contribution in [3.05, 3.63) is 59.0 Å². The third-order valence-electron chi connectivity index (χ3n) is 6.12. The molecule has 7 heteroatoms. The van der Waals surface area contributed by atoms with Crippen LogP contribution < -0.4 is 4.74 Å². The lowest BCUT2D eigenvalue weighted by molar-refractivity contribution is 0.0325. The van der Waals surface area contributed by atoms with Crippen LogP contribution in [0.4, 0.5) is 4.39 Å². The molecule has 0 radical (unpaired) electrons. The standard InChI is InChI=1S/C28H36FN3O3/c1-19(2)7-6-8-23-13-25-27(30-14-23)35-26(20(3)15-32(28(25)34)21(4)18-33)17-31(5)16-22-9-11-24(29)12-10-22/h9-14,19-21,26,33H,7,15-18H2,1-5H3/t20-,21+,26-/m1/s1. The Bertz CT molecular complexity index is 1060. The van der Waals surface area contributed by atoms with Gasteiger partial charge in [-0.25, -0.2) is 9.37 Å². The highest BCUT2D eigenvalue weighted by molar-refractivity contribution is 5.97. The number of likely N-dealkylation sites (N-methyl/N-ethyl adjacent to an activating group) is 1. The zero-order valence-corrected chi connectivity index (χ0v) is 21.3. The van der Waals surface area contributed by atoms with Gasteiger partial charge >= 0.3 is 0 Å². The number of benzene rings is 1. The van der Waals surface area contributed by atoms with Gasteiger partial charge in [-0.1, -0.05) is 44.7 Å². The number of hydrogen-bond donors (Lipinski definition) is 1. The minimum Gasteiger partial charge on any atom is -0.472 e. The van der Waals surface area contributed by atoms with E-state index in [0.29, 0.717) is 36.7 Å². The molecule has 0 saturated heterocycles. The lowest BCUT2D eigenvalue weighted by Crippen LogP contribution is -2.49. The van der Waals surface area contributed by atoms with Gasteiger partial charge in [0.1, 0.15) is 17.5 Å². The van der Waals surface area contributed by atoms with E-state index in [-0.39, 0.29) is 42.3 Å². The van der Waals surface area contributed by atoms with E-state index in [1.54, 1.807) is 29.3 Å². The number of fused-ring (bicyclic) bond motifs is 1. The quantitative estimate of drug-likeness (QED) is 0.607. The summed E-state index contributed by atoms with van der Waals surface area (Å²) in [5, 5.41) is 9.82. The van der Waals surface area contributed by atoms with Crippen molar-refractivity contribution in [3.63, 3.8) is 0 Å². The molecule has 35 heavy (non-hydrogen) atoms. The second kappa shape index (κ2) is 12.1. The maximum atomic E-state index is 13.5. The molecule has 3 atom stereocenters. The predicted molar refractivity (Wildman–Crippen MR) is 134 cm³/mol. The molecule has 1 N–H and O–H groups in total. The Morgan fingerprint density at radius 2 is 2.00 bits per heavy atom. The van der Waals surface area contributed by atoms with Crippen LogP contribution in [0.1, 0.15) is 55.6 Å². The van der Waals surface area contributed by atoms with Gasteiger partial charge in [-0.15, -0.1) is 0 Å². The smallest absolute Gasteiger partial charge is 0.259 e. The van der Waals surface area contributed by atoms with Crippen molar-refractivity contribution >= 4 is 5.91 Å². The average molecular weight is 482 g/mol. The van der Waals surface area contributed by atoms with Crippen LogP contribution in [0, 0.1) is 29.5 Å². The first-order valence-corrected chi connectivity index (χ1v) is 12.2. The first-order valence-electron chi connectivity index (χ1n) is 12.2. The fourth-order valence-corrected chi connectivity index (χ4v) is 4.02. The highest BCUT2D eigenvalue weighted by atomic mass is 19.1. The van der Waals surface area contributed by atoms with E-state index < -0.39 is 0 Å². The summed E-state index contributed by atoms with van der Waals surface area (Å²) in [6.45, 7) is 9.61. The summed E-state index contributed by atoms with van der Waals surface area (Å²) in [4.78, 5) is 21.8. The van der Waals surface area contributed by atoms with Gasteiger partial charge in [0, 0.05) is 43.7 Å². The second-order valence-corrected chi connectivity index (χ2v) is 9.92. The van der Waals surface area contributed by atoms with Gasteiger partial charge in [0.2, 0.25) is 5.88 Å². The second-order valence-electron chi connectivity index (χ2n) is 9.92. The van der Waals surface area contributed by atoms with Crippen LogP contribution in [0.3, 0.4) is 0 Å². The van der Waals surface area contributed by atoms with E-state index >= 15 is 0 Å². The van der Waals surface area contributed by atoms with Crippen molar-refractivity contribution in [2.24, 2.45) is 11.8 Å². The Hall–Kier alpha value is -2.95. The summed E-state index contributed by atoms with van der Waals surface area (Å²) in [6.07, 6.45) is 2.16. The fourth-order valence-electron chi connectivity index (χ4n) is 4.02. The van der Waals surface area contributed by atoms with E-state index in [0.717, 1.165) is 12.0 Å². The van der Waals surface area contributed by atoms with Gasteiger partial charge in [-0.2, -0.15) is 0 Å². The lowest BCUT2D eigenvalue weighted by atomic mass is 9.99. The van der Waals surface area contributed by atoms with Gasteiger partial charge < -0.3 is 14.7 Å². The first-order chi connectivity index (χ1) is 16.7. The van der Waals surface area contributed by atoms with E-state index in [1.165, 1.54) is 12.1 Å². The minimum absolute atomic E-state index is 0.0101. The number of amides is 1. The molecular formula is C28H36FN3O3. The van der Waals surface area contributed by atoms with E-state index in [4.69, 9.17) is 4.74 Å². The first kappa shape index (κ1) is 26.7. The number of carbonyl (C=O) groups is 1. The van der Waals surface area contributed by atoms with E-state index in [2.05, 4.69) is 35.6 Å². The van der Waals surface area contributed by atoms with Gasteiger partial charge in [-0.05, 0) is 43.7 Å². The van der Waals surface area contributed by atoms with Crippen LogP contribution in [-0.4, -0.2) is 64.7 Å². The zero-order chi connectivity index (χ0) is 25.5. The average Bonchev–Trinajstić information content (AvgIpc) is 2.82. The summed E-state index contributed by atoms with van der Waals surface area (Å²) < 4.78 is 19.6. The molecule has 0 unspecified atom stereocenters.